The topological polar surface area (TPSA) is 55.6 Å². The predicted molar refractivity (Wildman–Crippen MR) is 111 cm³/mol. The van der Waals surface area contributed by atoms with Crippen LogP contribution in [-0.2, 0) is 4.79 Å². The van der Waals surface area contributed by atoms with Crippen molar-refractivity contribution >= 4 is 28.1 Å². The molecule has 3 rings (SSSR count). The molecule has 0 bridgehead atoms. The van der Waals surface area contributed by atoms with Crippen molar-refractivity contribution in [2.24, 2.45) is 5.10 Å². The Kier molecular flexibility index (Phi) is 6.26. The standard InChI is InChI=1S/C21H19BrFN3O2/c1-14-11-16(15(2)26(14)19-7-5-18(23)6-8-19)12-24-25-21(27)13-28-20-9-3-17(22)4-10-20/h3-12H,13H2,1-2H3,(H,25,27)/b24-12-. The average Bonchev–Trinajstić information content (AvgIpc) is 2.96. The van der Waals surface area contributed by atoms with Crippen LogP contribution in [0.3, 0.4) is 0 Å². The molecule has 7 heteroatoms. The second kappa shape index (κ2) is 8.84. The summed E-state index contributed by atoms with van der Waals surface area (Å²) in [6, 6.07) is 15.4. The van der Waals surface area contributed by atoms with Crippen LogP contribution in [0.15, 0.2) is 64.2 Å². The highest BCUT2D eigenvalue weighted by Gasteiger charge is 2.09. The fourth-order valence-corrected chi connectivity index (χ4v) is 3.06. The number of carbonyl (C=O) groups excluding carboxylic acids is 1. The largest absolute Gasteiger partial charge is 0.484 e. The number of nitrogens with zero attached hydrogens (tertiary/aromatic N) is 2. The lowest BCUT2D eigenvalue weighted by Gasteiger charge is -2.09. The van der Waals surface area contributed by atoms with E-state index >= 15 is 0 Å². The fourth-order valence-electron chi connectivity index (χ4n) is 2.79. The van der Waals surface area contributed by atoms with Crippen LogP contribution in [0.4, 0.5) is 4.39 Å². The summed E-state index contributed by atoms with van der Waals surface area (Å²) in [7, 11) is 0. The van der Waals surface area contributed by atoms with Crippen LogP contribution in [0.2, 0.25) is 0 Å². The molecule has 2 aromatic carbocycles. The zero-order valence-electron chi connectivity index (χ0n) is 15.4. The number of ether oxygens (including phenoxy) is 1. The van der Waals surface area contributed by atoms with Gasteiger partial charge in [0, 0.05) is 27.1 Å². The molecule has 0 saturated carbocycles. The number of nitrogens with one attached hydrogen (secondary N) is 1. The number of benzene rings is 2. The highest BCUT2D eigenvalue weighted by atomic mass is 79.9. The summed E-state index contributed by atoms with van der Waals surface area (Å²) < 4.78 is 21.5. The van der Waals surface area contributed by atoms with Gasteiger partial charge in [0.15, 0.2) is 6.61 Å². The normalized spacial score (nSPS) is 11.0. The zero-order valence-corrected chi connectivity index (χ0v) is 17.0. The first-order valence-corrected chi connectivity index (χ1v) is 9.38. The Morgan fingerprint density at radius 3 is 2.54 bits per heavy atom. The number of hydrogen-bond donors (Lipinski definition) is 1. The first-order valence-electron chi connectivity index (χ1n) is 8.59. The third-order valence-corrected chi connectivity index (χ3v) is 4.66. The van der Waals surface area contributed by atoms with Crippen molar-refractivity contribution in [2.45, 2.75) is 13.8 Å². The summed E-state index contributed by atoms with van der Waals surface area (Å²) in [5, 5.41) is 4.01. The smallest absolute Gasteiger partial charge is 0.277 e. The van der Waals surface area contributed by atoms with Gasteiger partial charge in [-0.25, -0.2) is 9.82 Å². The first kappa shape index (κ1) is 19.8. The van der Waals surface area contributed by atoms with E-state index in [1.165, 1.54) is 12.1 Å². The Hall–Kier alpha value is -2.93. The Morgan fingerprint density at radius 1 is 1.18 bits per heavy atom. The van der Waals surface area contributed by atoms with Crippen molar-refractivity contribution in [3.05, 3.63) is 81.8 Å². The van der Waals surface area contributed by atoms with Gasteiger partial charge in [0.2, 0.25) is 0 Å². The number of hydrazone groups is 1. The van der Waals surface area contributed by atoms with Gasteiger partial charge in [-0.15, -0.1) is 0 Å². The summed E-state index contributed by atoms with van der Waals surface area (Å²) in [6.45, 7) is 3.77. The Labute approximate surface area is 171 Å². The van der Waals surface area contributed by atoms with Gasteiger partial charge in [-0.1, -0.05) is 15.9 Å². The van der Waals surface area contributed by atoms with E-state index in [4.69, 9.17) is 4.74 Å². The van der Waals surface area contributed by atoms with E-state index in [0.717, 1.165) is 27.1 Å². The van der Waals surface area contributed by atoms with Crippen LogP contribution in [0, 0.1) is 19.7 Å². The van der Waals surface area contributed by atoms with Crippen molar-refractivity contribution in [3.8, 4) is 11.4 Å². The molecule has 0 spiro atoms. The van der Waals surface area contributed by atoms with E-state index in [2.05, 4.69) is 26.5 Å². The maximum absolute atomic E-state index is 13.2. The molecule has 0 aliphatic rings. The van der Waals surface area contributed by atoms with Crippen LogP contribution in [0.25, 0.3) is 5.69 Å². The molecule has 1 amide bonds. The number of halogens is 2. The summed E-state index contributed by atoms with van der Waals surface area (Å²) in [4.78, 5) is 11.9. The fraction of sp³-hybridized carbons (Fsp3) is 0.143. The van der Waals surface area contributed by atoms with Gasteiger partial charge in [-0.2, -0.15) is 5.10 Å². The van der Waals surface area contributed by atoms with Gasteiger partial charge in [0.05, 0.1) is 6.21 Å². The van der Waals surface area contributed by atoms with Crippen molar-refractivity contribution in [3.63, 3.8) is 0 Å². The summed E-state index contributed by atoms with van der Waals surface area (Å²) in [5.41, 5.74) is 6.09. The maximum Gasteiger partial charge on any atom is 0.277 e. The number of hydrogen-bond acceptors (Lipinski definition) is 3. The number of aromatic nitrogens is 1. The van der Waals surface area contributed by atoms with Crippen LogP contribution in [0.5, 0.6) is 5.75 Å². The summed E-state index contributed by atoms with van der Waals surface area (Å²) in [6.07, 6.45) is 1.58. The predicted octanol–water partition coefficient (Wildman–Crippen LogP) is 4.52. The molecule has 1 N–H and O–H groups in total. The number of carbonyl (C=O) groups is 1. The highest BCUT2D eigenvalue weighted by molar-refractivity contribution is 9.10. The molecule has 0 aliphatic carbocycles. The summed E-state index contributed by atoms with van der Waals surface area (Å²) in [5.74, 6) is -0.0299. The molecule has 1 aromatic heterocycles. The molecule has 5 nitrogen and oxygen atoms in total. The Morgan fingerprint density at radius 2 is 1.86 bits per heavy atom. The molecule has 3 aromatic rings. The van der Waals surface area contributed by atoms with Crippen molar-refractivity contribution in [1.29, 1.82) is 0 Å². The van der Waals surface area contributed by atoms with Gasteiger partial charge in [0.1, 0.15) is 11.6 Å². The number of rotatable bonds is 6. The molecule has 28 heavy (non-hydrogen) atoms. The maximum atomic E-state index is 13.2. The van der Waals surface area contributed by atoms with Crippen LogP contribution < -0.4 is 10.2 Å². The van der Waals surface area contributed by atoms with Crippen LogP contribution in [-0.4, -0.2) is 23.3 Å². The first-order chi connectivity index (χ1) is 13.4. The van der Waals surface area contributed by atoms with Crippen LogP contribution >= 0.6 is 15.9 Å². The van der Waals surface area contributed by atoms with Gasteiger partial charge >= 0.3 is 0 Å². The van der Waals surface area contributed by atoms with Gasteiger partial charge < -0.3 is 9.30 Å². The number of amides is 1. The minimum atomic E-state index is -0.355. The van der Waals surface area contributed by atoms with Gasteiger partial charge in [-0.3, -0.25) is 4.79 Å². The van der Waals surface area contributed by atoms with E-state index in [1.54, 1.807) is 30.5 Å². The quantitative estimate of drug-likeness (QED) is 0.449. The third-order valence-electron chi connectivity index (χ3n) is 4.13. The van der Waals surface area contributed by atoms with Crippen molar-refractivity contribution in [1.82, 2.24) is 9.99 Å². The second-order valence-electron chi connectivity index (χ2n) is 6.17. The van der Waals surface area contributed by atoms with Gasteiger partial charge in [0.25, 0.3) is 5.91 Å². The lowest BCUT2D eigenvalue weighted by Crippen LogP contribution is -2.24. The zero-order chi connectivity index (χ0) is 20.1. The second-order valence-corrected chi connectivity index (χ2v) is 7.09. The molecule has 0 aliphatic heterocycles. The Balaban J connectivity index is 1.61. The molecule has 0 saturated heterocycles. The summed E-state index contributed by atoms with van der Waals surface area (Å²) >= 11 is 3.34. The van der Waals surface area contributed by atoms with Gasteiger partial charge in [-0.05, 0) is 68.4 Å². The molecule has 0 unspecified atom stereocenters. The van der Waals surface area contributed by atoms with E-state index in [9.17, 15) is 9.18 Å². The Bertz CT molecular complexity index is 996. The minimum absolute atomic E-state index is 0.131. The lowest BCUT2D eigenvalue weighted by molar-refractivity contribution is -0.123. The molecular formula is C21H19BrFN3O2. The molecule has 0 atom stereocenters. The van der Waals surface area contributed by atoms with E-state index in [0.29, 0.717) is 5.75 Å². The monoisotopic (exact) mass is 443 g/mol. The van der Waals surface area contributed by atoms with E-state index < -0.39 is 0 Å². The minimum Gasteiger partial charge on any atom is -0.484 e. The molecule has 144 valence electrons. The van der Waals surface area contributed by atoms with Crippen molar-refractivity contribution < 1.29 is 13.9 Å². The van der Waals surface area contributed by atoms with E-state index in [1.807, 2.05) is 36.6 Å². The molecule has 0 radical (unpaired) electrons. The molecular weight excluding hydrogens is 425 g/mol. The molecule has 0 fully saturated rings. The molecule has 1 heterocycles. The van der Waals surface area contributed by atoms with E-state index in [-0.39, 0.29) is 18.3 Å². The number of aryl methyl sites for hydroxylation is 1. The lowest BCUT2D eigenvalue weighted by atomic mass is 10.2. The van der Waals surface area contributed by atoms with Crippen LogP contribution in [0.1, 0.15) is 17.0 Å². The third kappa shape index (κ3) is 4.86. The van der Waals surface area contributed by atoms with Crippen molar-refractivity contribution in [2.75, 3.05) is 6.61 Å². The average molecular weight is 444 g/mol. The SMILES string of the molecule is Cc1cc(/C=N\NC(=O)COc2ccc(Br)cc2)c(C)n1-c1ccc(F)cc1. The highest BCUT2D eigenvalue weighted by Crippen LogP contribution is 2.20.